The van der Waals surface area contributed by atoms with Gasteiger partial charge in [-0.1, -0.05) is 42.5 Å². The van der Waals surface area contributed by atoms with Crippen LogP contribution in [0, 0.1) is 0 Å². The Balaban J connectivity index is 1.73. The van der Waals surface area contributed by atoms with E-state index < -0.39 is 23.8 Å². The van der Waals surface area contributed by atoms with E-state index in [0.29, 0.717) is 17.1 Å². The molecule has 0 fully saturated rings. The summed E-state index contributed by atoms with van der Waals surface area (Å²) in [5.41, 5.74) is 1.85. The maximum atomic E-state index is 13.6. The number of hydrogen-bond acceptors (Lipinski definition) is 7. The summed E-state index contributed by atoms with van der Waals surface area (Å²) in [5.74, 6) is -1.36. The van der Waals surface area contributed by atoms with Crippen molar-refractivity contribution in [3.8, 4) is 11.5 Å². The van der Waals surface area contributed by atoms with Gasteiger partial charge in [0, 0.05) is 6.92 Å². The number of nitrogens with zero attached hydrogens (tertiary/aromatic N) is 1. The Labute approximate surface area is 213 Å². The topological polar surface area (TPSA) is 111 Å². The average molecular weight is 503 g/mol. The number of carbonyl (C=O) groups is 4. The second kappa shape index (κ2) is 10.9. The Morgan fingerprint density at radius 1 is 0.919 bits per heavy atom. The number of hydrogen-bond donors (Lipinski definition) is 1. The van der Waals surface area contributed by atoms with Crippen LogP contribution in [0.2, 0.25) is 0 Å². The lowest BCUT2D eigenvalue weighted by atomic mass is 10.0. The minimum Gasteiger partial charge on any atom is -0.493 e. The highest BCUT2D eigenvalue weighted by molar-refractivity contribution is 6.24. The van der Waals surface area contributed by atoms with Crippen molar-refractivity contribution in [2.45, 2.75) is 26.0 Å². The number of amides is 3. The minimum atomic E-state index is -0.991. The molecule has 3 aromatic rings. The van der Waals surface area contributed by atoms with Crippen LogP contribution in [0.15, 0.2) is 66.7 Å². The summed E-state index contributed by atoms with van der Waals surface area (Å²) in [5, 5.41) is 2.60. The molecule has 0 saturated heterocycles. The molecule has 1 N–H and O–H groups in total. The summed E-state index contributed by atoms with van der Waals surface area (Å²) < 4.78 is 16.3. The van der Waals surface area contributed by atoms with Gasteiger partial charge in [0.15, 0.2) is 11.5 Å². The molecular weight excluding hydrogens is 476 g/mol. The number of ether oxygens (including phenoxy) is 3. The zero-order chi connectivity index (χ0) is 26.5. The first-order valence-electron chi connectivity index (χ1n) is 11.5. The predicted molar refractivity (Wildman–Crippen MR) is 134 cm³/mol. The Hall–Kier alpha value is -4.66. The number of nitrogens with one attached hydrogen (secondary N) is 1. The van der Waals surface area contributed by atoms with Crippen LogP contribution < -0.4 is 14.8 Å². The van der Waals surface area contributed by atoms with Gasteiger partial charge in [-0.05, 0) is 35.4 Å². The first-order chi connectivity index (χ1) is 17.8. The van der Waals surface area contributed by atoms with E-state index >= 15 is 0 Å². The summed E-state index contributed by atoms with van der Waals surface area (Å²) in [6.07, 6.45) is -0.276. The van der Waals surface area contributed by atoms with Crippen LogP contribution in [0.1, 0.15) is 51.2 Å². The molecule has 0 spiro atoms. The fraction of sp³-hybridized carbons (Fsp3) is 0.214. The number of anilines is 1. The summed E-state index contributed by atoms with van der Waals surface area (Å²) in [6.45, 7) is 1.57. The number of rotatable bonds is 9. The molecule has 9 nitrogen and oxygen atoms in total. The molecule has 1 heterocycles. The predicted octanol–water partition coefficient (Wildman–Crippen LogP) is 4.13. The van der Waals surface area contributed by atoms with Crippen LogP contribution >= 0.6 is 0 Å². The first-order valence-corrected chi connectivity index (χ1v) is 11.5. The summed E-state index contributed by atoms with van der Waals surface area (Å²) in [6, 6.07) is 18.2. The van der Waals surface area contributed by atoms with Gasteiger partial charge in [-0.25, -0.2) is 0 Å². The Kier molecular flexibility index (Phi) is 7.52. The molecule has 1 aliphatic heterocycles. The van der Waals surface area contributed by atoms with Crippen LogP contribution in [0.5, 0.6) is 11.5 Å². The van der Waals surface area contributed by atoms with Gasteiger partial charge in [0.2, 0.25) is 5.91 Å². The van der Waals surface area contributed by atoms with Crippen molar-refractivity contribution in [2.24, 2.45) is 0 Å². The highest BCUT2D eigenvalue weighted by atomic mass is 16.5. The number of fused-ring (bicyclic) bond motifs is 1. The van der Waals surface area contributed by atoms with Gasteiger partial charge >= 0.3 is 5.97 Å². The second-order valence-corrected chi connectivity index (χ2v) is 8.37. The summed E-state index contributed by atoms with van der Waals surface area (Å²) in [4.78, 5) is 52.1. The van der Waals surface area contributed by atoms with Crippen molar-refractivity contribution in [1.29, 1.82) is 0 Å². The highest BCUT2D eigenvalue weighted by Crippen LogP contribution is 2.39. The van der Waals surface area contributed by atoms with E-state index in [1.54, 1.807) is 30.3 Å². The van der Waals surface area contributed by atoms with Crippen LogP contribution in [-0.2, 0) is 20.9 Å². The number of esters is 1. The lowest BCUT2D eigenvalue weighted by Crippen LogP contribution is -2.35. The first kappa shape index (κ1) is 25.4. The molecule has 0 bridgehead atoms. The van der Waals surface area contributed by atoms with Crippen molar-refractivity contribution in [1.82, 2.24) is 4.90 Å². The van der Waals surface area contributed by atoms with E-state index in [9.17, 15) is 19.2 Å². The molecule has 0 aliphatic carbocycles. The van der Waals surface area contributed by atoms with Crippen LogP contribution in [-0.4, -0.2) is 42.8 Å². The third-order valence-corrected chi connectivity index (χ3v) is 5.97. The molecule has 0 saturated carbocycles. The minimum absolute atomic E-state index is 0.0756. The Bertz CT molecular complexity index is 1350. The quantitative estimate of drug-likeness (QED) is 0.346. The number of methoxy groups -OCH3 is 2. The fourth-order valence-corrected chi connectivity index (χ4v) is 4.23. The Morgan fingerprint density at radius 3 is 2.35 bits per heavy atom. The van der Waals surface area contributed by atoms with Gasteiger partial charge in [0.1, 0.15) is 6.61 Å². The van der Waals surface area contributed by atoms with Crippen molar-refractivity contribution in [3.05, 3.63) is 89.0 Å². The molecule has 0 aromatic heterocycles. The molecule has 37 heavy (non-hydrogen) atoms. The van der Waals surface area contributed by atoms with E-state index in [1.165, 1.54) is 27.2 Å². The van der Waals surface area contributed by atoms with Gasteiger partial charge in [-0.3, -0.25) is 24.1 Å². The molecular formula is C28H26N2O7. The highest BCUT2D eigenvalue weighted by Gasteiger charge is 2.43. The zero-order valence-electron chi connectivity index (χ0n) is 20.6. The van der Waals surface area contributed by atoms with E-state index in [4.69, 9.17) is 14.2 Å². The third-order valence-electron chi connectivity index (χ3n) is 5.97. The molecule has 3 aromatic carbocycles. The third kappa shape index (κ3) is 5.30. The molecule has 9 heteroatoms. The number of imide groups is 1. The van der Waals surface area contributed by atoms with Gasteiger partial charge in [0.25, 0.3) is 11.8 Å². The molecule has 0 radical (unpaired) electrons. The van der Waals surface area contributed by atoms with Gasteiger partial charge in [-0.15, -0.1) is 0 Å². The van der Waals surface area contributed by atoms with Gasteiger partial charge in [0.05, 0.1) is 43.5 Å². The zero-order valence-corrected chi connectivity index (χ0v) is 20.6. The largest absolute Gasteiger partial charge is 0.493 e. The Morgan fingerprint density at radius 2 is 1.68 bits per heavy atom. The molecule has 190 valence electrons. The van der Waals surface area contributed by atoms with Crippen LogP contribution in [0.25, 0.3) is 0 Å². The van der Waals surface area contributed by atoms with Gasteiger partial charge < -0.3 is 19.5 Å². The van der Waals surface area contributed by atoms with Crippen LogP contribution in [0.3, 0.4) is 0 Å². The van der Waals surface area contributed by atoms with Crippen LogP contribution in [0.4, 0.5) is 5.69 Å². The van der Waals surface area contributed by atoms with Crippen molar-refractivity contribution in [3.63, 3.8) is 0 Å². The fourth-order valence-electron chi connectivity index (χ4n) is 4.23. The average Bonchev–Trinajstić information content (AvgIpc) is 3.16. The summed E-state index contributed by atoms with van der Waals surface area (Å²) in [7, 11) is 2.74. The van der Waals surface area contributed by atoms with Crippen molar-refractivity contribution in [2.75, 3.05) is 19.5 Å². The van der Waals surface area contributed by atoms with Crippen molar-refractivity contribution >= 4 is 29.4 Å². The maximum Gasteiger partial charge on any atom is 0.307 e. The molecule has 1 atom stereocenters. The molecule has 4 rings (SSSR count). The molecule has 3 amide bonds. The SMILES string of the molecule is COC(=O)CC(c1ccc(OC)c(OCc2ccccc2)c1)N1C(=O)c2cccc(NC(C)=O)c2C1=O. The standard InChI is InChI=1S/C28H26N2O7/c1-17(31)29-21-11-7-10-20-26(21)28(34)30(27(20)33)22(15-25(32)36-3)19-12-13-23(35-2)24(14-19)37-16-18-8-5-4-6-9-18/h4-14,22H,15-16H2,1-3H3,(H,29,31). The van der Waals surface area contributed by atoms with E-state index in [-0.39, 0.29) is 35.7 Å². The normalized spacial score (nSPS) is 13.1. The maximum absolute atomic E-state index is 13.6. The monoisotopic (exact) mass is 502 g/mol. The molecule has 1 unspecified atom stereocenters. The number of carbonyl (C=O) groups excluding carboxylic acids is 4. The van der Waals surface area contributed by atoms with Gasteiger partial charge in [-0.2, -0.15) is 0 Å². The summed E-state index contributed by atoms with van der Waals surface area (Å²) >= 11 is 0. The van der Waals surface area contributed by atoms with E-state index in [1.807, 2.05) is 30.3 Å². The second-order valence-electron chi connectivity index (χ2n) is 8.37. The van der Waals surface area contributed by atoms with E-state index in [2.05, 4.69) is 5.32 Å². The lowest BCUT2D eigenvalue weighted by molar-refractivity contribution is -0.141. The number of benzene rings is 3. The lowest BCUT2D eigenvalue weighted by Gasteiger charge is -2.26. The van der Waals surface area contributed by atoms with Crippen molar-refractivity contribution < 1.29 is 33.4 Å². The van der Waals surface area contributed by atoms with E-state index in [0.717, 1.165) is 10.5 Å². The molecule has 1 aliphatic rings. The smallest absolute Gasteiger partial charge is 0.307 e.